The van der Waals surface area contributed by atoms with Crippen LogP contribution in [0.1, 0.15) is 43.6 Å². The van der Waals surface area contributed by atoms with Gasteiger partial charge in [0, 0.05) is 12.4 Å². The molecule has 1 aromatic rings. The number of carboxylic acid groups (broad SMARTS) is 1. The van der Waals surface area contributed by atoms with Crippen LogP contribution >= 0.6 is 0 Å². The monoisotopic (exact) mass is 293 g/mol. The normalized spacial score (nSPS) is 20.6. The van der Waals surface area contributed by atoms with Gasteiger partial charge >= 0.3 is 13.1 Å². The number of rotatable bonds is 3. The molecule has 112 valence electrons. The highest BCUT2D eigenvalue weighted by Crippen LogP contribution is 2.39. The first-order chi connectivity index (χ1) is 9.62. The van der Waals surface area contributed by atoms with E-state index in [4.69, 9.17) is 14.4 Å². The smallest absolute Gasteiger partial charge is 0.478 e. The molecule has 2 heterocycles. The van der Waals surface area contributed by atoms with Crippen molar-refractivity contribution in [3.63, 3.8) is 0 Å². The van der Waals surface area contributed by atoms with Crippen molar-refractivity contribution in [1.29, 1.82) is 0 Å². The van der Waals surface area contributed by atoms with Gasteiger partial charge in [-0.1, -0.05) is 0 Å². The molecule has 2 rings (SSSR count). The largest absolute Gasteiger partial charge is 0.525 e. The van der Waals surface area contributed by atoms with Crippen LogP contribution in [-0.2, 0) is 9.31 Å². The highest BCUT2D eigenvalue weighted by Gasteiger charge is 2.53. The van der Waals surface area contributed by atoms with Gasteiger partial charge in [0.25, 0.3) is 0 Å². The number of pyridine rings is 1. The molecule has 0 amide bonds. The molecule has 0 bridgehead atoms. The fourth-order valence-corrected chi connectivity index (χ4v) is 1.84. The third-order valence-corrected chi connectivity index (χ3v) is 3.79. The number of carboxylic acids is 1. The Morgan fingerprint density at radius 3 is 2.38 bits per heavy atom. The molecule has 0 aromatic carbocycles. The molecule has 0 unspecified atom stereocenters. The summed E-state index contributed by atoms with van der Waals surface area (Å²) in [5, 5.41) is 8.89. The lowest BCUT2D eigenvalue weighted by Gasteiger charge is -2.32. The molecule has 1 aliphatic rings. The Hall–Kier alpha value is -1.73. The number of hydrogen-bond donors (Lipinski definition) is 1. The first kappa shape index (κ1) is 15.7. The van der Waals surface area contributed by atoms with E-state index in [0.29, 0.717) is 5.56 Å². The summed E-state index contributed by atoms with van der Waals surface area (Å²) in [5.74, 6) is -1.12. The fraction of sp³-hybridized carbons (Fsp3) is 0.429. The van der Waals surface area contributed by atoms with Gasteiger partial charge in [0.2, 0.25) is 0 Å². The summed E-state index contributed by atoms with van der Waals surface area (Å²) in [7, 11) is -1.11. The third kappa shape index (κ3) is 3.14. The number of aromatic carboxylic acids is 1. The second kappa shape index (κ2) is 5.24. The minimum absolute atomic E-state index is 0.00883. The first-order valence-electron chi connectivity index (χ1n) is 6.53. The van der Waals surface area contributed by atoms with Crippen molar-refractivity contribution in [3.8, 4) is 0 Å². The summed E-state index contributed by atoms with van der Waals surface area (Å²) in [6, 6.07) is 1.33. The molecule has 0 aliphatic carbocycles. The molecule has 0 saturated carbocycles. The molecule has 1 fully saturated rings. The zero-order valence-corrected chi connectivity index (χ0v) is 12.4. The summed E-state index contributed by atoms with van der Waals surface area (Å²) in [6.45, 7) is 7.31. The number of nitrogens with zero attached hydrogens (tertiary/aromatic N) is 1. The molecule has 7 heteroatoms. The van der Waals surface area contributed by atoms with Crippen LogP contribution in [0.5, 0.6) is 0 Å². The van der Waals surface area contributed by atoms with Crippen molar-refractivity contribution in [2.75, 3.05) is 0 Å². The number of aromatic nitrogens is 1. The van der Waals surface area contributed by atoms with Gasteiger partial charge in [0.15, 0.2) is 0 Å². The number of carbonyl (C=O) groups is 1. The topological polar surface area (TPSA) is 68.7 Å². The molecule has 0 spiro atoms. The van der Waals surface area contributed by atoms with E-state index >= 15 is 0 Å². The van der Waals surface area contributed by atoms with Crippen molar-refractivity contribution in [1.82, 2.24) is 4.98 Å². The molecule has 1 N–H and O–H groups in total. The molecule has 1 saturated heterocycles. The van der Waals surface area contributed by atoms with Crippen LogP contribution in [0.4, 0.5) is 4.39 Å². The lowest BCUT2D eigenvalue weighted by Crippen LogP contribution is -2.41. The molecule has 0 radical (unpaired) electrons. The third-order valence-electron chi connectivity index (χ3n) is 3.79. The van der Waals surface area contributed by atoms with Crippen LogP contribution in [0.2, 0.25) is 0 Å². The van der Waals surface area contributed by atoms with Crippen molar-refractivity contribution < 1.29 is 23.6 Å². The van der Waals surface area contributed by atoms with E-state index in [1.807, 2.05) is 27.7 Å². The van der Waals surface area contributed by atoms with Crippen molar-refractivity contribution in [2.24, 2.45) is 0 Å². The maximum absolute atomic E-state index is 14.2. The van der Waals surface area contributed by atoms with E-state index < -0.39 is 30.0 Å². The average molecular weight is 293 g/mol. The van der Waals surface area contributed by atoms with Gasteiger partial charge in [-0.25, -0.2) is 9.18 Å². The van der Waals surface area contributed by atoms with Crippen LogP contribution < -0.4 is 0 Å². The summed E-state index contributed by atoms with van der Waals surface area (Å²) in [6.07, 6.45) is 3.74. The molecular formula is C14H17BFNO4. The molecule has 1 aliphatic heterocycles. The van der Waals surface area contributed by atoms with Gasteiger partial charge in [0.05, 0.1) is 16.8 Å². The van der Waals surface area contributed by atoms with Crippen LogP contribution in [-0.4, -0.2) is 34.4 Å². The van der Waals surface area contributed by atoms with Crippen LogP contribution in [0, 0.1) is 0 Å². The van der Waals surface area contributed by atoms with E-state index in [1.165, 1.54) is 24.5 Å². The minimum atomic E-state index is -1.12. The van der Waals surface area contributed by atoms with E-state index in [1.54, 1.807) is 0 Å². The van der Waals surface area contributed by atoms with E-state index in [-0.39, 0.29) is 5.56 Å². The lowest BCUT2D eigenvalue weighted by atomic mass is 9.87. The van der Waals surface area contributed by atoms with Crippen LogP contribution in [0.3, 0.4) is 0 Å². The Kier molecular flexibility index (Phi) is 3.90. The number of hydrogen-bond acceptors (Lipinski definition) is 4. The average Bonchev–Trinajstić information content (AvgIpc) is 2.59. The van der Waals surface area contributed by atoms with Crippen LogP contribution in [0.25, 0.3) is 6.08 Å². The zero-order chi connectivity index (χ0) is 15.8. The Labute approximate surface area is 122 Å². The van der Waals surface area contributed by atoms with E-state index in [9.17, 15) is 9.18 Å². The van der Waals surface area contributed by atoms with Crippen molar-refractivity contribution >= 4 is 19.2 Å². The maximum atomic E-state index is 14.2. The van der Waals surface area contributed by atoms with Crippen LogP contribution in [0.15, 0.2) is 24.2 Å². The predicted octanol–water partition coefficient (Wildman–Crippen LogP) is 2.72. The molecule has 21 heavy (non-hydrogen) atoms. The summed E-state index contributed by atoms with van der Waals surface area (Å²) < 4.78 is 25.4. The van der Waals surface area contributed by atoms with Crippen molar-refractivity contribution in [3.05, 3.63) is 35.3 Å². The molecular weight excluding hydrogens is 276 g/mol. The SMILES string of the molecule is CC1(C)OB(C(F)=Cc2cncc(C(=O)O)c2)OC1(C)C. The molecule has 0 atom stereocenters. The van der Waals surface area contributed by atoms with Gasteiger partial charge in [-0.3, -0.25) is 4.98 Å². The standard InChI is InChI=1S/C14H17BFNO4/c1-13(2)14(3,4)21-15(20-13)11(16)6-9-5-10(12(18)19)8-17-7-9/h5-8H,1-4H3,(H,18,19). The minimum Gasteiger partial charge on any atom is -0.478 e. The van der Waals surface area contributed by atoms with Gasteiger partial charge < -0.3 is 14.4 Å². The zero-order valence-electron chi connectivity index (χ0n) is 12.4. The Bertz CT molecular complexity index is 584. The second-order valence-corrected chi connectivity index (χ2v) is 5.93. The Balaban J connectivity index is 2.23. The highest BCUT2D eigenvalue weighted by atomic mass is 19.1. The Morgan fingerprint density at radius 1 is 1.29 bits per heavy atom. The second-order valence-electron chi connectivity index (χ2n) is 5.93. The predicted molar refractivity (Wildman–Crippen MR) is 76.4 cm³/mol. The first-order valence-corrected chi connectivity index (χ1v) is 6.53. The molecule has 5 nitrogen and oxygen atoms in total. The van der Waals surface area contributed by atoms with Gasteiger partial charge in [0.1, 0.15) is 5.73 Å². The Morgan fingerprint density at radius 2 is 1.86 bits per heavy atom. The lowest BCUT2D eigenvalue weighted by molar-refractivity contribution is 0.00578. The fourth-order valence-electron chi connectivity index (χ4n) is 1.84. The van der Waals surface area contributed by atoms with Gasteiger partial charge in [-0.05, 0) is 45.4 Å². The van der Waals surface area contributed by atoms with E-state index in [0.717, 1.165) is 0 Å². The van der Waals surface area contributed by atoms with E-state index in [2.05, 4.69) is 4.98 Å². The summed E-state index contributed by atoms with van der Waals surface area (Å²) >= 11 is 0. The maximum Gasteiger partial charge on any atom is 0.525 e. The number of halogens is 1. The summed E-state index contributed by atoms with van der Waals surface area (Å²) in [5.41, 5.74) is -1.57. The van der Waals surface area contributed by atoms with Gasteiger partial charge in [-0.15, -0.1) is 0 Å². The van der Waals surface area contributed by atoms with Crippen molar-refractivity contribution in [2.45, 2.75) is 38.9 Å². The highest BCUT2D eigenvalue weighted by molar-refractivity contribution is 6.54. The molecule has 1 aromatic heterocycles. The summed E-state index contributed by atoms with van der Waals surface area (Å²) in [4.78, 5) is 14.6. The van der Waals surface area contributed by atoms with Gasteiger partial charge in [-0.2, -0.15) is 0 Å². The quantitative estimate of drug-likeness (QED) is 0.868.